The lowest BCUT2D eigenvalue weighted by Crippen LogP contribution is -2.36. The van der Waals surface area contributed by atoms with Crippen molar-refractivity contribution in [3.63, 3.8) is 0 Å². The first-order chi connectivity index (χ1) is 11.6. The fourth-order valence-electron chi connectivity index (χ4n) is 3.91. The predicted molar refractivity (Wildman–Crippen MR) is 93.0 cm³/mol. The highest BCUT2D eigenvalue weighted by molar-refractivity contribution is 5.69. The summed E-state index contributed by atoms with van der Waals surface area (Å²) < 4.78 is 7.43. The molecule has 0 saturated carbocycles. The Hall–Kier alpha value is -1.40. The maximum absolute atomic E-state index is 11.6. The summed E-state index contributed by atoms with van der Waals surface area (Å²) in [6.07, 6.45) is 2.87. The molecule has 3 rings (SSSR count). The van der Waals surface area contributed by atoms with Gasteiger partial charge in [0.2, 0.25) is 0 Å². The maximum atomic E-state index is 11.6. The second kappa shape index (κ2) is 7.66. The van der Waals surface area contributed by atoms with Crippen molar-refractivity contribution in [2.75, 3.05) is 39.8 Å². The van der Waals surface area contributed by atoms with Crippen molar-refractivity contribution in [1.29, 1.82) is 0 Å². The van der Waals surface area contributed by atoms with Gasteiger partial charge < -0.3 is 14.2 Å². The van der Waals surface area contributed by atoms with Gasteiger partial charge in [-0.15, -0.1) is 0 Å². The van der Waals surface area contributed by atoms with E-state index in [1.165, 1.54) is 24.2 Å². The van der Waals surface area contributed by atoms with E-state index in [-0.39, 0.29) is 5.97 Å². The summed E-state index contributed by atoms with van der Waals surface area (Å²) >= 11 is 0. The number of nitrogens with zero attached hydrogens (tertiary/aromatic N) is 4. The third-order valence-corrected chi connectivity index (χ3v) is 5.35. The van der Waals surface area contributed by atoms with Gasteiger partial charge in [-0.3, -0.25) is 9.69 Å². The van der Waals surface area contributed by atoms with Crippen molar-refractivity contribution in [1.82, 2.24) is 19.4 Å². The molecule has 0 unspecified atom stereocenters. The van der Waals surface area contributed by atoms with E-state index in [4.69, 9.17) is 9.72 Å². The number of piperidine rings is 1. The summed E-state index contributed by atoms with van der Waals surface area (Å²) in [7, 11) is 2.20. The second-order valence-corrected chi connectivity index (χ2v) is 7.05. The molecule has 1 aromatic rings. The van der Waals surface area contributed by atoms with E-state index in [0.29, 0.717) is 18.9 Å². The van der Waals surface area contributed by atoms with Crippen molar-refractivity contribution in [2.45, 2.75) is 52.1 Å². The SMILES string of the molecule is CCOC(=O)CCN1CCn2c(C)nc(C3CCN(C)CC3)c2C1. The van der Waals surface area contributed by atoms with Crippen LogP contribution in [0.15, 0.2) is 0 Å². The van der Waals surface area contributed by atoms with Gasteiger partial charge in [-0.25, -0.2) is 4.98 Å². The number of hydrogen-bond acceptors (Lipinski definition) is 5. The lowest BCUT2D eigenvalue weighted by atomic mass is 9.92. The zero-order chi connectivity index (χ0) is 17.1. The maximum Gasteiger partial charge on any atom is 0.307 e. The van der Waals surface area contributed by atoms with Crippen LogP contribution in [0.4, 0.5) is 0 Å². The minimum Gasteiger partial charge on any atom is -0.466 e. The molecular weight excluding hydrogens is 304 g/mol. The molecule has 1 fully saturated rings. The normalized spacial score (nSPS) is 20.1. The zero-order valence-corrected chi connectivity index (χ0v) is 15.3. The number of carbonyl (C=O) groups excluding carboxylic acids is 1. The number of aromatic nitrogens is 2. The average molecular weight is 334 g/mol. The summed E-state index contributed by atoms with van der Waals surface area (Å²) in [5, 5.41) is 0. The number of fused-ring (bicyclic) bond motifs is 1. The summed E-state index contributed by atoms with van der Waals surface area (Å²) in [5.74, 6) is 1.63. The van der Waals surface area contributed by atoms with Gasteiger partial charge in [0.25, 0.3) is 0 Å². The Bertz CT molecular complexity index is 576. The molecule has 0 radical (unpaired) electrons. The van der Waals surface area contributed by atoms with Gasteiger partial charge in [0, 0.05) is 32.1 Å². The molecule has 0 bridgehead atoms. The number of esters is 1. The molecule has 6 nitrogen and oxygen atoms in total. The molecule has 0 N–H and O–H groups in total. The molecule has 2 aliphatic rings. The molecule has 0 atom stereocenters. The van der Waals surface area contributed by atoms with E-state index in [0.717, 1.165) is 45.1 Å². The van der Waals surface area contributed by atoms with Gasteiger partial charge in [0.1, 0.15) is 5.82 Å². The summed E-state index contributed by atoms with van der Waals surface area (Å²) in [6, 6.07) is 0. The number of ether oxygens (including phenoxy) is 1. The Morgan fingerprint density at radius 2 is 2.00 bits per heavy atom. The highest BCUT2D eigenvalue weighted by atomic mass is 16.5. The summed E-state index contributed by atoms with van der Waals surface area (Å²) in [4.78, 5) is 21.3. The molecule has 0 aromatic carbocycles. The van der Waals surface area contributed by atoms with E-state index in [1.807, 2.05) is 6.92 Å². The van der Waals surface area contributed by atoms with Crippen LogP contribution in [0.2, 0.25) is 0 Å². The van der Waals surface area contributed by atoms with E-state index in [1.54, 1.807) is 0 Å². The van der Waals surface area contributed by atoms with Crippen molar-refractivity contribution >= 4 is 5.97 Å². The first-order valence-electron chi connectivity index (χ1n) is 9.21. The van der Waals surface area contributed by atoms with Crippen molar-refractivity contribution in [2.24, 2.45) is 0 Å². The Morgan fingerprint density at radius 3 is 2.71 bits per heavy atom. The lowest BCUT2D eigenvalue weighted by molar-refractivity contribution is -0.143. The number of aryl methyl sites for hydroxylation is 1. The van der Waals surface area contributed by atoms with Crippen molar-refractivity contribution < 1.29 is 9.53 Å². The van der Waals surface area contributed by atoms with E-state index in [2.05, 4.69) is 28.3 Å². The largest absolute Gasteiger partial charge is 0.466 e. The van der Waals surface area contributed by atoms with Gasteiger partial charge in [0.15, 0.2) is 0 Å². The smallest absolute Gasteiger partial charge is 0.307 e. The standard InChI is InChI=1S/C18H30N4O2/c1-4-24-17(23)7-10-21-11-12-22-14(2)19-18(16(22)13-21)15-5-8-20(3)9-6-15/h15H,4-13H2,1-3H3. The fraction of sp³-hybridized carbons (Fsp3) is 0.778. The number of carbonyl (C=O) groups is 1. The van der Waals surface area contributed by atoms with Gasteiger partial charge in [-0.05, 0) is 46.8 Å². The van der Waals surface area contributed by atoms with Crippen LogP contribution in [0.25, 0.3) is 0 Å². The molecular formula is C18H30N4O2. The third-order valence-electron chi connectivity index (χ3n) is 5.35. The minimum atomic E-state index is -0.0942. The summed E-state index contributed by atoms with van der Waals surface area (Å²) in [6.45, 7) is 10.4. The summed E-state index contributed by atoms with van der Waals surface area (Å²) in [5.41, 5.74) is 2.68. The number of rotatable bonds is 5. The van der Waals surface area contributed by atoms with Gasteiger partial charge in [0.05, 0.1) is 24.4 Å². The van der Waals surface area contributed by atoms with Crippen LogP contribution in [0, 0.1) is 6.92 Å². The van der Waals surface area contributed by atoms with Crippen molar-refractivity contribution in [3.05, 3.63) is 17.2 Å². The van der Waals surface area contributed by atoms with Crippen LogP contribution in [-0.4, -0.2) is 65.2 Å². The number of hydrogen-bond donors (Lipinski definition) is 0. The van der Waals surface area contributed by atoms with Crippen LogP contribution >= 0.6 is 0 Å². The second-order valence-electron chi connectivity index (χ2n) is 7.05. The quantitative estimate of drug-likeness (QED) is 0.768. The molecule has 6 heteroatoms. The minimum absolute atomic E-state index is 0.0942. The average Bonchev–Trinajstić information content (AvgIpc) is 2.90. The monoisotopic (exact) mass is 334 g/mol. The molecule has 0 aliphatic carbocycles. The third kappa shape index (κ3) is 3.81. The topological polar surface area (TPSA) is 50.6 Å². The Morgan fingerprint density at radius 1 is 1.25 bits per heavy atom. The fourth-order valence-corrected chi connectivity index (χ4v) is 3.91. The number of imidazole rings is 1. The lowest BCUT2D eigenvalue weighted by Gasteiger charge is -2.32. The highest BCUT2D eigenvalue weighted by Crippen LogP contribution is 2.32. The molecule has 134 valence electrons. The van der Waals surface area contributed by atoms with Crippen LogP contribution in [-0.2, 0) is 22.6 Å². The molecule has 0 spiro atoms. The molecule has 1 saturated heterocycles. The highest BCUT2D eigenvalue weighted by Gasteiger charge is 2.28. The van der Waals surface area contributed by atoms with Gasteiger partial charge in [-0.1, -0.05) is 0 Å². The van der Waals surface area contributed by atoms with Crippen LogP contribution in [0.1, 0.15) is 49.3 Å². The van der Waals surface area contributed by atoms with Gasteiger partial charge in [-0.2, -0.15) is 0 Å². The van der Waals surface area contributed by atoms with E-state index < -0.39 is 0 Å². The van der Waals surface area contributed by atoms with E-state index >= 15 is 0 Å². The van der Waals surface area contributed by atoms with Gasteiger partial charge >= 0.3 is 5.97 Å². The first-order valence-corrected chi connectivity index (χ1v) is 9.21. The first kappa shape index (κ1) is 17.4. The van der Waals surface area contributed by atoms with Crippen molar-refractivity contribution in [3.8, 4) is 0 Å². The Labute approximate surface area is 144 Å². The zero-order valence-electron chi connectivity index (χ0n) is 15.3. The molecule has 3 heterocycles. The molecule has 24 heavy (non-hydrogen) atoms. The predicted octanol–water partition coefficient (Wildman–Crippen LogP) is 1.77. The van der Waals surface area contributed by atoms with E-state index in [9.17, 15) is 4.79 Å². The Balaban J connectivity index is 1.67. The Kier molecular flexibility index (Phi) is 5.56. The number of likely N-dealkylation sites (tertiary alicyclic amines) is 1. The molecule has 2 aliphatic heterocycles. The molecule has 1 aromatic heterocycles. The van der Waals surface area contributed by atoms with Crippen LogP contribution in [0.3, 0.4) is 0 Å². The molecule has 0 amide bonds. The van der Waals surface area contributed by atoms with Crippen LogP contribution < -0.4 is 0 Å². The van der Waals surface area contributed by atoms with Crippen LogP contribution in [0.5, 0.6) is 0 Å².